The van der Waals surface area contributed by atoms with Crippen LogP contribution >= 0.6 is 11.6 Å². The predicted octanol–water partition coefficient (Wildman–Crippen LogP) is 6.75. The van der Waals surface area contributed by atoms with Gasteiger partial charge in [-0.1, -0.05) is 59.6 Å². The van der Waals surface area contributed by atoms with Crippen molar-refractivity contribution < 1.29 is 23.9 Å². The second kappa shape index (κ2) is 10.4. The Hall–Kier alpha value is -4.36. The van der Waals surface area contributed by atoms with Crippen LogP contribution in [-0.4, -0.2) is 35.2 Å². The van der Waals surface area contributed by atoms with Crippen LogP contribution in [0, 0.1) is 37.5 Å². The van der Waals surface area contributed by atoms with E-state index in [9.17, 15) is 19.2 Å². The second-order valence-corrected chi connectivity index (χ2v) is 12.3. The van der Waals surface area contributed by atoms with Gasteiger partial charge in [0.2, 0.25) is 11.8 Å². The van der Waals surface area contributed by atoms with Crippen LogP contribution in [0.4, 0.5) is 5.69 Å². The van der Waals surface area contributed by atoms with E-state index >= 15 is 0 Å². The highest BCUT2D eigenvalue weighted by Gasteiger charge is 2.61. The first-order chi connectivity index (χ1) is 20.7. The van der Waals surface area contributed by atoms with Crippen molar-refractivity contribution in [3.8, 4) is 11.3 Å². The molecule has 4 unspecified atom stereocenters. The third-order valence-electron chi connectivity index (χ3n) is 9.44. The number of fused-ring (bicyclic) bond motifs is 6. The Labute approximate surface area is 253 Å². The maximum absolute atomic E-state index is 13.4. The smallest absolute Gasteiger partial charge is 0.339 e. The quantitative estimate of drug-likeness (QED) is 0.140. The highest BCUT2D eigenvalue weighted by Crippen LogP contribution is 2.56. The number of halogens is 1. The van der Waals surface area contributed by atoms with E-state index < -0.39 is 12.6 Å². The monoisotopic (exact) mass is 592 g/mol. The highest BCUT2D eigenvalue weighted by molar-refractivity contribution is 6.32. The Morgan fingerprint density at radius 3 is 2.21 bits per heavy atom. The summed E-state index contributed by atoms with van der Waals surface area (Å²) in [6.45, 7) is 3.36. The first-order valence-electron chi connectivity index (χ1n) is 14.6. The molecule has 0 radical (unpaired) electrons. The zero-order valence-corrected chi connectivity index (χ0v) is 24.6. The SMILES string of the molecule is Cc1ccc(C(=O)COC(=O)c2cc(-c3ccc(N4C(=O)C5C6CCC(C6)C5C4=O)cc3)nc3c(C)c(Cl)ccc23)cc1. The number of nitrogens with zero attached hydrogens (tertiary/aromatic N) is 2. The molecule has 7 rings (SSSR count). The molecule has 7 nitrogen and oxygen atoms in total. The van der Waals surface area contributed by atoms with Gasteiger partial charge in [-0.3, -0.25) is 19.3 Å². The summed E-state index contributed by atoms with van der Waals surface area (Å²) in [6, 6.07) is 19.2. The van der Waals surface area contributed by atoms with E-state index in [-0.39, 0.29) is 35.0 Å². The molecule has 43 heavy (non-hydrogen) atoms. The highest BCUT2D eigenvalue weighted by atomic mass is 35.5. The van der Waals surface area contributed by atoms with Crippen LogP contribution in [0.15, 0.2) is 66.7 Å². The van der Waals surface area contributed by atoms with Crippen molar-refractivity contribution in [2.75, 3.05) is 11.5 Å². The number of pyridine rings is 1. The van der Waals surface area contributed by atoms with Crippen LogP contribution in [0.5, 0.6) is 0 Å². The van der Waals surface area contributed by atoms with Crippen molar-refractivity contribution in [2.45, 2.75) is 33.1 Å². The number of anilines is 1. The molecule has 1 saturated heterocycles. The molecule has 216 valence electrons. The summed E-state index contributed by atoms with van der Waals surface area (Å²) in [4.78, 5) is 58.8. The fourth-order valence-electron chi connectivity index (χ4n) is 7.20. The average molecular weight is 593 g/mol. The summed E-state index contributed by atoms with van der Waals surface area (Å²) in [5, 5.41) is 1.07. The number of aromatic nitrogens is 1. The number of carbonyl (C=O) groups is 4. The molecule has 3 aliphatic rings. The molecule has 0 spiro atoms. The minimum Gasteiger partial charge on any atom is -0.454 e. The van der Waals surface area contributed by atoms with Gasteiger partial charge >= 0.3 is 5.97 Å². The lowest BCUT2D eigenvalue weighted by Gasteiger charge is -2.19. The van der Waals surface area contributed by atoms with E-state index in [0.29, 0.717) is 55.8 Å². The number of esters is 1. The number of benzene rings is 3. The topological polar surface area (TPSA) is 93.6 Å². The lowest BCUT2D eigenvalue weighted by molar-refractivity contribution is -0.123. The van der Waals surface area contributed by atoms with Gasteiger partial charge in [0.1, 0.15) is 0 Å². The van der Waals surface area contributed by atoms with E-state index in [1.54, 1.807) is 54.6 Å². The number of carbonyl (C=O) groups excluding carboxylic acids is 4. The predicted molar refractivity (Wildman–Crippen MR) is 163 cm³/mol. The van der Waals surface area contributed by atoms with Crippen LogP contribution in [-0.2, 0) is 14.3 Å². The molecular formula is C35H29ClN2O5. The van der Waals surface area contributed by atoms with Gasteiger partial charge in [0.25, 0.3) is 0 Å². The fraction of sp³-hybridized carbons (Fsp3) is 0.286. The van der Waals surface area contributed by atoms with Crippen LogP contribution in [0.3, 0.4) is 0 Å². The zero-order valence-electron chi connectivity index (χ0n) is 23.8. The maximum atomic E-state index is 13.4. The standard InChI is InChI=1S/C35H29ClN2O5/c1-18-3-5-21(6-4-18)29(39)17-43-35(42)26-16-28(37-32-19(2)27(36)14-13-25(26)32)20-9-11-24(12-10-20)38-33(40)30-22-7-8-23(15-22)31(30)34(38)41/h3-6,9-14,16,22-23,30-31H,7-8,15,17H2,1-2H3. The fourth-order valence-corrected chi connectivity index (χ4v) is 7.35. The molecule has 2 bridgehead atoms. The number of ketones is 1. The molecule has 0 N–H and O–H groups in total. The van der Waals surface area contributed by atoms with Crippen molar-refractivity contribution in [3.05, 3.63) is 94.0 Å². The minimum absolute atomic E-state index is 0.0886. The van der Waals surface area contributed by atoms with Gasteiger partial charge in [0.05, 0.1) is 34.3 Å². The molecule has 2 saturated carbocycles. The van der Waals surface area contributed by atoms with Gasteiger partial charge < -0.3 is 4.74 Å². The number of hydrogen-bond acceptors (Lipinski definition) is 6. The second-order valence-electron chi connectivity index (χ2n) is 11.9. The average Bonchev–Trinajstić information content (AvgIpc) is 3.71. The molecule has 4 atom stereocenters. The number of imide groups is 1. The largest absolute Gasteiger partial charge is 0.454 e. The van der Waals surface area contributed by atoms with Crippen molar-refractivity contribution in [3.63, 3.8) is 0 Å². The molecule has 2 heterocycles. The van der Waals surface area contributed by atoms with E-state index in [1.165, 1.54) is 4.90 Å². The first-order valence-corrected chi connectivity index (χ1v) is 14.9. The van der Waals surface area contributed by atoms with Gasteiger partial charge in [-0.15, -0.1) is 0 Å². The van der Waals surface area contributed by atoms with E-state index in [1.807, 2.05) is 26.0 Å². The molecular weight excluding hydrogens is 564 g/mol. The van der Waals surface area contributed by atoms with Gasteiger partial charge in [-0.25, -0.2) is 9.78 Å². The number of rotatable bonds is 6. The van der Waals surface area contributed by atoms with Crippen molar-refractivity contribution >= 4 is 51.8 Å². The van der Waals surface area contributed by atoms with Gasteiger partial charge in [-0.2, -0.15) is 0 Å². The van der Waals surface area contributed by atoms with Crippen LogP contribution in [0.2, 0.25) is 5.02 Å². The van der Waals surface area contributed by atoms with Crippen LogP contribution < -0.4 is 4.90 Å². The molecule has 1 aromatic heterocycles. The number of Topliss-reactive ketones (excluding diaryl/α,β-unsaturated/α-hetero) is 1. The number of aryl methyl sites for hydroxylation is 2. The third kappa shape index (κ3) is 4.54. The van der Waals surface area contributed by atoms with Crippen molar-refractivity contribution in [2.24, 2.45) is 23.7 Å². The van der Waals surface area contributed by atoms with E-state index in [0.717, 1.165) is 24.8 Å². The number of ether oxygens (including phenoxy) is 1. The first kappa shape index (κ1) is 27.5. The van der Waals surface area contributed by atoms with Gasteiger partial charge in [-0.05, 0) is 74.8 Å². The van der Waals surface area contributed by atoms with Crippen LogP contribution in [0.25, 0.3) is 22.2 Å². The zero-order chi connectivity index (χ0) is 30.0. The maximum Gasteiger partial charge on any atom is 0.339 e. The molecule has 2 amide bonds. The summed E-state index contributed by atoms with van der Waals surface area (Å²) < 4.78 is 5.48. The summed E-state index contributed by atoms with van der Waals surface area (Å²) >= 11 is 6.42. The summed E-state index contributed by atoms with van der Waals surface area (Å²) in [7, 11) is 0. The Balaban J connectivity index is 1.19. The van der Waals surface area contributed by atoms with Crippen molar-refractivity contribution in [1.29, 1.82) is 0 Å². The molecule has 1 aliphatic heterocycles. The number of amides is 2. The third-order valence-corrected chi connectivity index (χ3v) is 9.85. The summed E-state index contributed by atoms with van der Waals surface area (Å²) in [6.07, 6.45) is 3.04. The molecule has 3 aromatic carbocycles. The number of hydrogen-bond donors (Lipinski definition) is 0. The molecule has 8 heteroatoms. The minimum atomic E-state index is -0.651. The molecule has 3 fully saturated rings. The van der Waals surface area contributed by atoms with E-state index in [2.05, 4.69) is 0 Å². The van der Waals surface area contributed by atoms with Gasteiger partial charge in [0.15, 0.2) is 12.4 Å². The lowest BCUT2D eigenvalue weighted by Crippen LogP contribution is -2.32. The van der Waals surface area contributed by atoms with Crippen molar-refractivity contribution in [1.82, 2.24) is 4.98 Å². The Bertz CT molecular complexity index is 1800. The Kier molecular flexibility index (Phi) is 6.66. The van der Waals surface area contributed by atoms with Gasteiger partial charge in [0, 0.05) is 21.5 Å². The summed E-state index contributed by atoms with van der Waals surface area (Å²) in [5.41, 5.74) is 4.72. The summed E-state index contributed by atoms with van der Waals surface area (Å²) in [5.74, 6) is -0.870. The molecule has 2 aliphatic carbocycles. The van der Waals surface area contributed by atoms with Crippen LogP contribution in [0.1, 0.15) is 51.1 Å². The normalized spacial score (nSPS) is 22.3. The lowest BCUT2D eigenvalue weighted by atomic mass is 9.81. The Morgan fingerprint density at radius 2 is 1.56 bits per heavy atom. The molecule has 4 aromatic rings. The Morgan fingerprint density at radius 1 is 0.907 bits per heavy atom. The van der Waals surface area contributed by atoms with E-state index in [4.69, 9.17) is 21.3 Å².